The Bertz CT molecular complexity index is 597. The molecule has 1 fully saturated rings. The highest BCUT2D eigenvalue weighted by Gasteiger charge is 2.37. The van der Waals surface area contributed by atoms with Crippen molar-refractivity contribution in [1.82, 2.24) is 14.7 Å². The zero-order valence-electron chi connectivity index (χ0n) is 12.4. The van der Waals surface area contributed by atoms with E-state index >= 15 is 0 Å². The number of rotatable bonds is 3. The van der Waals surface area contributed by atoms with Crippen LogP contribution >= 0.6 is 36.2 Å². The lowest BCUT2D eigenvalue weighted by Crippen LogP contribution is -2.52. The molecule has 1 aliphatic carbocycles. The summed E-state index contributed by atoms with van der Waals surface area (Å²) in [7, 11) is 0. The first-order valence-electron chi connectivity index (χ1n) is 7.04. The van der Waals surface area contributed by atoms with Gasteiger partial charge in [0.2, 0.25) is 5.91 Å². The first-order valence-corrected chi connectivity index (χ1v) is 7.92. The van der Waals surface area contributed by atoms with E-state index in [9.17, 15) is 4.79 Å². The molecule has 2 aromatic heterocycles. The number of carbonyl (C=O) groups excluding carboxylic acids is 1. The standard InChI is InChI=1S/C14H20N4OS.2ClH/c1-14(15)5-3-2-4-11(14)12(19)16-8-10-9-18-6-7-20-13(18)17-10;;/h6-7,9,11H,2-5,8,15H2,1H3,(H,16,19);2*1H. The first-order chi connectivity index (χ1) is 9.56. The van der Waals surface area contributed by atoms with Gasteiger partial charge in [-0.2, -0.15) is 0 Å². The number of fused-ring (bicyclic) bond motifs is 1. The van der Waals surface area contributed by atoms with E-state index in [1.54, 1.807) is 11.3 Å². The molecular formula is C14H22Cl2N4OS. The summed E-state index contributed by atoms with van der Waals surface area (Å²) in [5.41, 5.74) is 6.77. The highest BCUT2D eigenvalue weighted by Crippen LogP contribution is 2.31. The number of thiazole rings is 1. The van der Waals surface area contributed by atoms with Crippen LogP contribution in [0.3, 0.4) is 0 Å². The Hall–Kier alpha value is -0.820. The molecule has 0 aromatic carbocycles. The third-order valence-electron chi connectivity index (χ3n) is 4.16. The summed E-state index contributed by atoms with van der Waals surface area (Å²) in [6.45, 7) is 2.46. The summed E-state index contributed by atoms with van der Waals surface area (Å²) in [5.74, 6) is -0.0222. The van der Waals surface area contributed by atoms with Crippen molar-refractivity contribution in [3.8, 4) is 0 Å². The predicted octanol–water partition coefficient (Wildman–Crippen LogP) is 2.76. The molecule has 0 aliphatic heterocycles. The van der Waals surface area contributed by atoms with Gasteiger partial charge in [-0.1, -0.05) is 12.8 Å². The van der Waals surface area contributed by atoms with Gasteiger partial charge >= 0.3 is 0 Å². The number of nitrogens with two attached hydrogens (primary N) is 1. The van der Waals surface area contributed by atoms with E-state index in [0.717, 1.165) is 36.3 Å². The largest absolute Gasteiger partial charge is 0.350 e. The Kier molecular flexibility index (Phi) is 6.67. The van der Waals surface area contributed by atoms with Crippen molar-refractivity contribution >= 4 is 47.0 Å². The van der Waals surface area contributed by atoms with Gasteiger partial charge < -0.3 is 11.1 Å². The molecule has 124 valence electrons. The Balaban J connectivity index is 0.00000121. The van der Waals surface area contributed by atoms with Crippen molar-refractivity contribution in [2.75, 3.05) is 0 Å². The van der Waals surface area contributed by atoms with Crippen LogP contribution in [0.15, 0.2) is 17.8 Å². The van der Waals surface area contributed by atoms with E-state index in [1.165, 1.54) is 0 Å². The Morgan fingerprint density at radius 3 is 3.00 bits per heavy atom. The summed E-state index contributed by atoms with van der Waals surface area (Å²) in [6.07, 6.45) is 7.94. The van der Waals surface area contributed by atoms with Crippen LogP contribution in [0.5, 0.6) is 0 Å². The number of amides is 1. The van der Waals surface area contributed by atoms with Crippen molar-refractivity contribution in [2.45, 2.75) is 44.7 Å². The number of aromatic nitrogens is 2. The van der Waals surface area contributed by atoms with Gasteiger partial charge in [-0.3, -0.25) is 9.20 Å². The molecule has 2 unspecified atom stereocenters. The SMILES string of the molecule is CC1(N)CCCCC1C(=O)NCc1cn2ccsc2n1.Cl.Cl. The molecule has 0 saturated heterocycles. The predicted molar refractivity (Wildman–Crippen MR) is 94.0 cm³/mol. The summed E-state index contributed by atoms with van der Waals surface area (Å²) in [4.78, 5) is 17.7. The number of imidazole rings is 1. The molecule has 0 spiro atoms. The Labute approximate surface area is 146 Å². The van der Waals surface area contributed by atoms with Gasteiger partial charge in [0.25, 0.3) is 0 Å². The van der Waals surface area contributed by atoms with Crippen molar-refractivity contribution < 1.29 is 4.79 Å². The van der Waals surface area contributed by atoms with Gasteiger partial charge in [0.15, 0.2) is 4.96 Å². The lowest BCUT2D eigenvalue weighted by molar-refractivity contribution is -0.128. The van der Waals surface area contributed by atoms with Crippen molar-refractivity contribution in [3.05, 3.63) is 23.5 Å². The zero-order valence-corrected chi connectivity index (χ0v) is 14.9. The second kappa shape index (κ2) is 7.64. The van der Waals surface area contributed by atoms with Crippen LogP contribution < -0.4 is 11.1 Å². The summed E-state index contributed by atoms with van der Waals surface area (Å²) >= 11 is 1.59. The van der Waals surface area contributed by atoms with Crippen LogP contribution in [-0.2, 0) is 11.3 Å². The molecular weight excluding hydrogens is 343 g/mol. The minimum Gasteiger partial charge on any atom is -0.350 e. The number of nitrogens with one attached hydrogen (secondary N) is 1. The molecule has 22 heavy (non-hydrogen) atoms. The van der Waals surface area contributed by atoms with Crippen LogP contribution in [0.2, 0.25) is 0 Å². The van der Waals surface area contributed by atoms with Gasteiger partial charge in [0, 0.05) is 23.3 Å². The average Bonchev–Trinajstić information content (AvgIpc) is 2.96. The molecule has 2 heterocycles. The minimum atomic E-state index is -0.378. The van der Waals surface area contributed by atoms with E-state index in [-0.39, 0.29) is 42.2 Å². The smallest absolute Gasteiger partial charge is 0.225 e. The van der Waals surface area contributed by atoms with Crippen molar-refractivity contribution in [3.63, 3.8) is 0 Å². The van der Waals surface area contributed by atoms with Crippen molar-refractivity contribution in [1.29, 1.82) is 0 Å². The maximum absolute atomic E-state index is 12.3. The third-order valence-corrected chi connectivity index (χ3v) is 4.93. The molecule has 2 aromatic rings. The van der Waals surface area contributed by atoms with E-state index in [1.807, 2.05) is 29.1 Å². The third kappa shape index (κ3) is 3.93. The Morgan fingerprint density at radius 1 is 1.55 bits per heavy atom. The normalized spacial score (nSPS) is 24.4. The summed E-state index contributed by atoms with van der Waals surface area (Å²) in [6, 6.07) is 0. The van der Waals surface area contributed by atoms with E-state index in [2.05, 4.69) is 10.3 Å². The van der Waals surface area contributed by atoms with Crippen LogP contribution in [0, 0.1) is 5.92 Å². The fourth-order valence-electron chi connectivity index (χ4n) is 2.95. The van der Waals surface area contributed by atoms with Crippen LogP contribution in [0.1, 0.15) is 38.3 Å². The minimum absolute atomic E-state index is 0. The second-order valence-electron chi connectivity index (χ2n) is 5.85. The van der Waals surface area contributed by atoms with Gasteiger partial charge in [0.05, 0.1) is 18.2 Å². The van der Waals surface area contributed by atoms with Gasteiger partial charge in [0.1, 0.15) is 0 Å². The molecule has 0 radical (unpaired) electrons. The first kappa shape index (κ1) is 19.2. The molecule has 1 amide bonds. The summed E-state index contributed by atoms with van der Waals surface area (Å²) < 4.78 is 1.97. The quantitative estimate of drug-likeness (QED) is 0.879. The number of carbonyl (C=O) groups is 1. The zero-order chi connectivity index (χ0) is 14.2. The highest BCUT2D eigenvalue weighted by molar-refractivity contribution is 7.15. The fourth-order valence-corrected chi connectivity index (χ4v) is 3.67. The van der Waals surface area contributed by atoms with Gasteiger partial charge in [-0.25, -0.2) is 4.98 Å². The lowest BCUT2D eigenvalue weighted by Gasteiger charge is -2.37. The second-order valence-corrected chi connectivity index (χ2v) is 6.72. The molecule has 3 N–H and O–H groups in total. The monoisotopic (exact) mass is 364 g/mol. The fraction of sp³-hybridized carbons (Fsp3) is 0.571. The molecule has 8 heteroatoms. The lowest BCUT2D eigenvalue weighted by atomic mass is 9.74. The maximum Gasteiger partial charge on any atom is 0.225 e. The molecule has 2 atom stereocenters. The Morgan fingerprint density at radius 2 is 2.32 bits per heavy atom. The topological polar surface area (TPSA) is 72.4 Å². The molecule has 1 saturated carbocycles. The van der Waals surface area contributed by atoms with Crippen LogP contribution in [0.25, 0.3) is 4.96 Å². The molecule has 1 aliphatic rings. The molecule has 0 bridgehead atoms. The highest BCUT2D eigenvalue weighted by atomic mass is 35.5. The number of nitrogens with zero attached hydrogens (tertiary/aromatic N) is 2. The van der Waals surface area contributed by atoms with E-state index < -0.39 is 0 Å². The number of halogens is 2. The molecule has 3 rings (SSSR count). The van der Waals surface area contributed by atoms with Crippen LogP contribution in [0.4, 0.5) is 0 Å². The van der Waals surface area contributed by atoms with Crippen LogP contribution in [-0.4, -0.2) is 20.8 Å². The summed E-state index contributed by atoms with van der Waals surface area (Å²) in [5, 5.41) is 4.98. The maximum atomic E-state index is 12.3. The van der Waals surface area contributed by atoms with Gasteiger partial charge in [-0.15, -0.1) is 36.2 Å². The number of hydrogen-bond donors (Lipinski definition) is 2. The average molecular weight is 365 g/mol. The number of hydrogen-bond acceptors (Lipinski definition) is 4. The molecule has 5 nitrogen and oxygen atoms in total. The van der Waals surface area contributed by atoms with Gasteiger partial charge in [-0.05, 0) is 19.8 Å². The van der Waals surface area contributed by atoms with E-state index in [4.69, 9.17) is 5.73 Å². The van der Waals surface area contributed by atoms with Crippen molar-refractivity contribution in [2.24, 2.45) is 11.7 Å². The van der Waals surface area contributed by atoms with E-state index in [0.29, 0.717) is 6.54 Å².